The molecule has 1 aromatic heterocycles. The molecule has 1 aliphatic rings. The smallest absolute Gasteiger partial charge is 0.153 e. The monoisotopic (exact) mass is 178 g/mol. The zero-order chi connectivity index (χ0) is 9.10. The molecule has 0 unspecified atom stereocenters. The van der Waals surface area contributed by atoms with Gasteiger partial charge in [0.2, 0.25) is 0 Å². The molecule has 0 bridgehead atoms. The number of nitrogens with one attached hydrogen (secondary N) is 1. The second-order valence-corrected chi connectivity index (χ2v) is 3.08. The number of aryl methyl sites for hydroxylation is 1. The van der Waals surface area contributed by atoms with Crippen molar-refractivity contribution in [3.05, 3.63) is 18.2 Å². The van der Waals surface area contributed by atoms with Gasteiger partial charge < -0.3 is 5.32 Å². The summed E-state index contributed by atoms with van der Waals surface area (Å²) in [4.78, 5) is 4.27. The highest BCUT2D eigenvalue weighted by Gasteiger charge is 2.10. The standard InChI is InChI=1S/C9H14N4/c1-2-13-9(11-7-12-13)8-3-5-10-6-4-8/h3,7,10H,2,4-6H2,1H3. The zero-order valence-corrected chi connectivity index (χ0v) is 7.82. The maximum absolute atomic E-state index is 4.27. The highest BCUT2D eigenvalue weighted by molar-refractivity contribution is 5.60. The predicted molar refractivity (Wildman–Crippen MR) is 51.2 cm³/mol. The first-order chi connectivity index (χ1) is 6.42. The lowest BCUT2D eigenvalue weighted by atomic mass is 10.1. The maximum atomic E-state index is 4.27. The minimum absolute atomic E-state index is 0.889. The molecule has 0 aromatic carbocycles. The molecule has 2 rings (SSSR count). The van der Waals surface area contributed by atoms with Gasteiger partial charge in [0, 0.05) is 13.1 Å². The molecule has 0 aliphatic carbocycles. The molecule has 4 heteroatoms. The third kappa shape index (κ3) is 1.62. The molecule has 1 aliphatic heterocycles. The molecule has 0 amide bonds. The van der Waals surface area contributed by atoms with E-state index in [1.165, 1.54) is 5.57 Å². The zero-order valence-electron chi connectivity index (χ0n) is 7.82. The second kappa shape index (κ2) is 3.70. The van der Waals surface area contributed by atoms with Crippen molar-refractivity contribution >= 4 is 5.57 Å². The van der Waals surface area contributed by atoms with Gasteiger partial charge in [0.15, 0.2) is 5.82 Å². The van der Waals surface area contributed by atoms with Crippen LogP contribution < -0.4 is 5.32 Å². The van der Waals surface area contributed by atoms with Crippen LogP contribution in [0, 0.1) is 0 Å². The van der Waals surface area contributed by atoms with E-state index in [-0.39, 0.29) is 0 Å². The molecular formula is C9H14N4. The predicted octanol–water partition coefficient (Wildman–Crippen LogP) is 0.675. The Balaban J connectivity index is 2.28. The lowest BCUT2D eigenvalue weighted by Crippen LogP contribution is -2.21. The quantitative estimate of drug-likeness (QED) is 0.724. The van der Waals surface area contributed by atoms with Gasteiger partial charge in [0.05, 0.1) is 0 Å². The van der Waals surface area contributed by atoms with E-state index in [1.807, 2.05) is 4.68 Å². The molecule has 1 N–H and O–H groups in total. The van der Waals surface area contributed by atoms with Crippen molar-refractivity contribution in [3.8, 4) is 0 Å². The molecule has 70 valence electrons. The SMILES string of the molecule is CCn1ncnc1C1=CCNCC1. The highest BCUT2D eigenvalue weighted by atomic mass is 15.3. The minimum atomic E-state index is 0.889. The molecule has 0 radical (unpaired) electrons. The van der Waals surface area contributed by atoms with Crippen molar-refractivity contribution < 1.29 is 0 Å². The Morgan fingerprint density at radius 2 is 2.54 bits per heavy atom. The average Bonchev–Trinajstić information content (AvgIpc) is 2.67. The van der Waals surface area contributed by atoms with Crippen LogP contribution in [0.2, 0.25) is 0 Å². The summed E-state index contributed by atoms with van der Waals surface area (Å²) in [5.74, 6) is 1.03. The number of hydrogen-bond acceptors (Lipinski definition) is 3. The van der Waals surface area contributed by atoms with Crippen molar-refractivity contribution in [2.24, 2.45) is 0 Å². The van der Waals surface area contributed by atoms with Gasteiger partial charge in [-0.3, -0.25) is 0 Å². The Labute approximate surface area is 77.7 Å². The van der Waals surface area contributed by atoms with E-state index in [9.17, 15) is 0 Å². The van der Waals surface area contributed by atoms with E-state index in [0.29, 0.717) is 0 Å². The fourth-order valence-corrected chi connectivity index (χ4v) is 1.57. The topological polar surface area (TPSA) is 42.7 Å². The largest absolute Gasteiger partial charge is 0.313 e. The van der Waals surface area contributed by atoms with E-state index in [0.717, 1.165) is 31.9 Å². The Morgan fingerprint density at radius 3 is 3.23 bits per heavy atom. The molecule has 0 saturated heterocycles. The third-order valence-corrected chi connectivity index (χ3v) is 2.27. The van der Waals surface area contributed by atoms with Crippen LogP contribution in [0.5, 0.6) is 0 Å². The van der Waals surface area contributed by atoms with E-state index in [2.05, 4.69) is 28.4 Å². The van der Waals surface area contributed by atoms with Gasteiger partial charge in [-0.2, -0.15) is 5.10 Å². The minimum Gasteiger partial charge on any atom is -0.313 e. The lowest BCUT2D eigenvalue weighted by molar-refractivity contribution is 0.639. The van der Waals surface area contributed by atoms with Crippen molar-refractivity contribution in [2.75, 3.05) is 13.1 Å². The van der Waals surface area contributed by atoms with Crippen LogP contribution in [0.1, 0.15) is 19.2 Å². The van der Waals surface area contributed by atoms with Crippen LogP contribution in [-0.2, 0) is 6.54 Å². The maximum Gasteiger partial charge on any atom is 0.153 e. The summed E-state index contributed by atoms with van der Waals surface area (Å²) in [5.41, 5.74) is 1.32. The van der Waals surface area contributed by atoms with Crippen LogP contribution in [0.25, 0.3) is 5.57 Å². The summed E-state index contributed by atoms with van der Waals surface area (Å²) < 4.78 is 1.94. The molecule has 0 spiro atoms. The Kier molecular flexibility index (Phi) is 2.40. The van der Waals surface area contributed by atoms with Crippen LogP contribution in [0.15, 0.2) is 12.4 Å². The first kappa shape index (κ1) is 8.44. The van der Waals surface area contributed by atoms with E-state index >= 15 is 0 Å². The number of hydrogen-bond donors (Lipinski definition) is 1. The molecule has 0 saturated carbocycles. The molecular weight excluding hydrogens is 164 g/mol. The normalized spacial score (nSPS) is 17.2. The van der Waals surface area contributed by atoms with Crippen molar-refractivity contribution in [3.63, 3.8) is 0 Å². The molecule has 2 heterocycles. The number of rotatable bonds is 2. The van der Waals surface area contributed by atoms with Gasteiger partial charge in [0.1, 0.15) is 6.33 Å². The summed E-state index contributed by atoms with van der Waals surface area (Å²) >= 11 is 0. The fourth-order valence-electron chi connectivity index (χ4n) is 1.57. The number of nitrogens with zero attached hydrogens (tertiary/aromatic N) is 3. The van der Waals surface area contributed by atoms with E-state index in [1.54, 1.807) is 6.33 Å². The van der Waals surface area contributed by atoms with E-state index < -0.39 is 0 Å². The van der Waals surface area contributed by atoms with Crippen LogP contribution in [0.4, 0.5) is 0 Å². The van der Waals surface area contributed by atoms with Crippen LogP contribution in [-0.4, -0.2) is 27.9 Å². The first-order valence-corrected chi connectivity index (χ1v) is 4.69. The molecule has 4 nitrogen and oxygen atoms in total. The Morgan fingerprint density at radius 1 is 1.62 bits per heavy atom. The van der Waals surface area contributed by atoms with E-state index in [4.69, 9.17) is 0 Å². The Hall–Kier alpha value is -1.16. The Bertz CT molecular complexity index is 313. The van der Waals surface area contributed by atoms with Crippen molar-refractivity contribution in [2.45, 2.75) is 19.9 Å². The molecule has 0 fully saturated rings. The third-order valence-electron chi connectivity index (χ3n) is 2.27. The van der Waals surface area contributed by atoms with Gasteiger partial charge >= 0.3 is 0 Å². The molecule has 0 atom stereocenters. The van der Waals surface area contributed by atoms with Gasteiger partial charge in [-0.15, -0.1) is 0 Å². The van der Waals surface area contributed by atoms with Gasteiger partial charge in [-0.25, -0.2) is 9.67 Å². The average molecular weight is 178 g/mol. The summed E-state index contributed by atoms with van der Waals surface area (Å²) in [6.07, 6.45) is 4.88. The summed E-state index contributed by atoms with van der Waals surface area (Å²) in [7, 11) is 0. The van der Waals surface area contributed by atoms with Crippen molar-refractivity contribution in [1.29, 1.82) is 0 Å². The second-order valence-electron chi connectivity index (χ2n) is 3.08. The fraction of sp³-hybridized carbons (Fsp3) is 0.556. The van der Waals surface area contributed by atoms with Gasteiger partial charge in [-0.1, -0.05) is 6.08 Å². The van der Waals surface area contributed by atoms with Crippen LogP contribution in [0.3, 0.4) is 0 Å². The van der Waals surface area contributed by atoms with Crippen LogP contribution >= 0.6 is 0 Å². The summed E-state index contributed by atoms with van der Waals surface area (Å²) in [5, 5.41) is 7.43. The summed E-state index contributed by atoms with van der Waals surface area (Å²) in [6, 6.07) is 0. The molecule has 1 aromatic rings. The summed E-state index contributed by atoms with van der Waals surface area (Å²) in [6.45, 7) is 4.97. The highest BCUT2D eigenvalue weighted by Crippen LogP contribution is 2.16. The lowest BCUT2D eigenvalue weighted by Gasteiger charge is -2.13. The molecule has 13 heavy (non-hydrogen) atoms. The van der Waals surface area contributed by atoms with Gasteiger partial charge in [0.25, 0.3) is 0 Å². The number of aromatic nitrogens is 3. The first-order valence-electron chi connectivity index (χ1n) is 4.69. The van der Waals surface area contributed by atoms with Gasteiger partial charge in [-0.05, 0) is 25.5 Å². The van der Waals surface area contributed by atoms with Crippen molar-refractivity contribution in [1.82, 2.24) is 20.1 Å².